The number of nitrogens with zero attached hydrogens (tertiary/aromatic N) is 1. The maximum Gasteiger partial charge on any atom is 0.482 e. The predicted molar refractivity (Wildman–Crippen MR) is 182 cm³/mol. The van der Waals surface area contributed by atoms with Crippen molar-refractivity contribution in [2.24, 2.45) is 17.3 Å². The maximum atomic E-state index is 13.7. The van der Waals surface area contributed by atoms with Crippen LogP contribution in [-0.4, -0.2) is 66.0 Å². The number of carbonyl (C=O) groups excluding carboxylic acids is 3. The molecule has 4 fully saturated rings. The van der Waals surface area contributed by atoms with E-state index in [9.17, 15) is 14.4 Å². The Morgan fingerprint density at radius 3 is 2.40 bits per heavy atom. The van der Waals surface area contributed by atoms with Gasteiger partial charge in [0.25, 0.3) is 0 Å². The first kappa shape index (κ1) is 35.7. The van der Waals surface area contributed by atoms with Crippen LogP contribution in [0, 0.1) is 17.3 Å². The summed E-state index contributed by atoms with van der Waals surface area (Å²) in [5.41, 5.74) is -0.0326. The number of aromatic nitrogens is 1. The third kappa shape index (κ3) is 7.65. The van der Waals surface area contributed by atoms with E-state index in [-0.39, 0.29) is 36.1 Å². The molecule has 1 aliphatic heterocycles. The third-order valence-corrected chi connectivity index (χ3v) is 9.82. The summed E-state index contributed by atoms with van der Waals surface area (Å²) in [6.07, 6.45) is 3.10. The lowest BCUT2D eigenvalue weighted by Gasteiger charge is -2.64. The zero-order valence-electron chi connectivity index (χ0n) is 29.9. The summed E-state index contributed by atoms with van der Waals surface area (Å²) < 4.78 is 30.2. The Bertz CT molecular complexity index is 1550. The highest BCUT2D eigenvalue weighted by Gasteiger charge is 2.68. The van der Waals surface area contributed by atoms with E-state index in [4.69, 9.17) is 23.5 Å². The van der Waals surface area contributed by atoms with Gasteiger partial charge in [-0.25, -0.2) is 14.6 Å². The van der Waals surface area contributed by atoms with Crippen molar-refractivity contribution in [3.8, 4) is 5.75 Å². The smallest absolute Gasteiger partial charge is 0.482 e. The summed E-state index contributed by atoms with van der Waals surface area (Å²) in [6, 6.07) is 8.67. The number of ether oxygens (including phenoxy) is 3. The van der Waals surface area contributed by atoms with Gasteiger partial charge in [0.15, 0.2) is 0 Å². The quantitative estimate of drug-likeness (QED) is 0.247. The highest BCUT2D eigenvalue weighted by Crippen LogP contribution is 2.65. The number of pyridine rings is 1. The minimum atomic E-state index is -0.726. The van der Waals surface area contributed by atoms with E-state index in [1.165, 1.54) is 13.3 Å². The molecule has 1 aromatic heterocycles. The van der Waals surface area contributed by atoms with Crippen molar-refractivity contribution in [3.63, 3.8) is 0 Å². The topological polar surface area (TPSA) is 134 Å². The fourth-order valence-electron chi connectivity index (χ4n) is 7.51. The van der Waals surface area contributed by atoms with Crippen LogP contribution < -0.4 is 15.4 Å². The Balaban J connectivity index is 1.38. The van der Waals surface area contributed by atoms with Gasteiger partial charge in [-0.15, -0.1) is 0 Å². The van der Waals surface area contributed by atoms with Crippen LogP contribution in [0.5, 0.6) is 5.75 Å². The summed E-state index contributed by atoms with van der Waals surface area (Å²) in [5.74, 6) is 0.186. The van der Waals surface area contributed by atoms with E-state index >= 15 is 0 Å². The number of esters is 1. The van der Waals surface area contributed by atoms with E-state index in [0.29, 0.717) is 34.3 Å². The van der Waals surface area contributed by atoms with Crippen LogP contribution in [0.4, 0.5) is 10.6 Å². The van der Waals surface area contributed by atoms with Gasteiger partial charge in [-0.3, -0.25) is 10.1 Å². The molecule has 2 bridgehead atoms. The molecule has 2 heterocycles. The number of anilines is 1. The lowest BCUT2D eigenvalue weighted by molar-refractivity contribution is -0.199. The standard InChI is InChI=1S/C36H50BN3O8/c1-33(2,3)45-31(42)24-13-11-12-22(30(24)44-10)18-27(37-47-26-20-23-19-25(35(23,7)8)36(26,9)48-37)39-29(41)17-21-14-15-38-28(16-21)40-32(43)46-34(4,5)6/h11-16,23,25-27H,17-20H2,1-10H3,(H,39,41)(H,38,40,43). The van der Waals surface area contributed by atoms with Crippen LogP contribution in [0.25, 0.3) is 0 Å². The fraction of sp³-hybridized carbons (Fsp3) is 0.611. The minimum absolute atomic E-state index is 0.0161. The Labute approximate surface area is 284 Å². The number of hydrogen-bond donors (Lipinski definition) is 2. The first-order valence-electron chi connectivity index (χ1n) is 16.8. The van der Waals surface area contributed by atoms with E-state index in [0.717, 1.165) is 12.8 Å². The summed E-state index contributed by atoms with van der Waals surface area (Å²) in [4.78, 5) is 43.3. The highest BCUT2D eigenvalue weighted by atomic mass is 16.7. The molecule has 5 atom stereocenters. The SMILES string of the molecule is COc1c(CC(NC(=O)Cc2ccnc(NC(=O)OC(C)(C)C)c2)B2OC3CC4CC(C4(C)C)C3(C)O2)cccc1C(=O)OC(C)(C)C. The zero-order valence-corrected chi connectivity index (χ0v) is 29.9. The Hall–Kier alpha value is -3.64. The van der Waals surface area contributed by atoms with Crippen LogP contribution in [0.2, 0.25) is 0 Å². The van der Waals surface area contributed by atoms with Gasteiger partial charge in [-0.2, -0.15) is 0 Å². The largest absolute Gasteiger partial charge is 0.496 e. The van der Waals surface area contributed by atoms with Gasteiger partial charge in [-0.05, 0) is 114 Å². The van der Waals surface area contributed by atoms with E-state index in [1.54, 1.807) is 45.0 Å². The zero-order chi connectivity index (χ0) is 35.2. The second-order valence-corrected chi connectivity index (χ2v) is 16.1. The molecule has 260 valence electrons. The predicted octanol–water partition coefficient (Wildman–Crippen LogP) is 5.93. The Morgan fingerprint density at radius 2 is 1.75 bits per heavy atom. The number of amides is 2. The molecule has 12 heteroatoms. The van der Waals surface area contributed by atoms with Crippen molar-refractivity contribution >= 4 is 30.9 Å². The fourth-order valence-corrected chi connectivity index (χ4v) is 7.51. The molecular formula is C36H50BN3O8. The number of rotatable bonds is 9. The number of benzene rings is 1. The molecule has 5 unspecified atom stereocenters. The lowest BCUT2D eigenvalue weighted by atomic mass is 9.43. The average Bonchev–Trinajstić information content (AvgIpc) is 3.32. The van der Waals surface area contributed by atoms with Crippen molar-refractivity contribution in [3.05, 3.63) is 53.2 Å². The highest BCUT2D eigenvalue weighted by molar-refractivity contribution is 6.48. The lowest BCUT2D eigenvalue weighted by Crippen LogP contribution is -2.65. The summed E-state index contributed by atoms with van der Waals surface area (Å²) in [5, 5.41) is 5.79. The van der Waals surface area contributed by atoms with Gasteiger partial charge in [-0.1, -0.05) is 26.0 Å². The molecule has 2 N–H and O–H groups in total. The van der Waals surface area contributed by atoms with Crippen molar-refractivity contribution in [2.45, 2.75) is 117 Å². The van der Waals surface area contributed by atoms with Gasteiger partial charge < -0.3 is 28.8 Å². The minimum Gasteiger partial charge on any atom is -0.496 e. The van der Waals surface area contributed by atoms with Gasteiger partial charge >= 0.3 is 19.2 Å². The maximum absolute atomic E-state index is 13.7. The van der Waals surface area contributed by atoms with Crippen molar-refractivity contribution in [2.75, 3.05) is 12.4 Å². The molecule has 6 rings (SSSR count). The molecule has 2 amide bonds. The molecule has 2 aromatic rings. The number of nitrogens with one attached hydrogen (secondary N) is 2. The molecule has 1 aromatic carbocycles. The first-order chi connectivity index (χ1) is 22.3. The Morgan fingerprint density at radius 1 is 1.04 bits per heavy atom. The average molecular weight is 664 g/mol. The van der Waals surface area contributed by atoms with E-state index in [2.05, 4.69) is 36.4 Å². The summed E-state index contributed by atoms with van der Waals surface area (Å²) >= 11 is 0. The molecule has 4 aliphatic rings. The van der Waals surface area contributed by atoms with Crippen molar-refractivity contribution in [1.82, 2.24) is 10.3 Å². The Kier molecular flexibility index (Phi) is 9.66. The molecule has 0 spiro atoms. The first-order valence-corrected chi connectivity index (χ1v) is 16.8. The monoisotopic (exact) mass is 663 g/mol. The van der Waals surface area contributed by atoms with Crippen LogP contribution in [0.3, 0.4) is 0 Å². The normalized spacial score (nSPS) is 24.9. The van der Waals surface area contributed by atoms with Crippen LogP contribution in [-0.2, 0) is 36.4 Å². The second-order valence-electron chi connectivity index (χ2n) is 16.1. The molecule has 11 nitrogen and oxygen atoms in total. The van der Waals surface area contributed by atoms with Crippen LogP contribution in [0.15, 0.2) is 36.5 Å². The van der Waals surface area contributed by atoms with Gasteiger partial charge in [0.05, 0.1) is 31.2 Å². The van der Waals surface area contributed by atoms with Gasteiger partial charge in [0.1, 0.15) is 28.3 Å². The third-order valence-electron chi connectivity index (χ3n) is 9.82. The number of methoxy groups -OCH3 is 1. The number of hydrogen-bond acceptors (Lipinski definition) is 9. The second kappa shape index (κ2) is 13.0. The van der Waals surface area contributed by atoms with Crippen LogP contribution >= 0.6 is 0 Å². The van der Waals surface area contributed by atoms with E-state index < -0.39 is 41.9 Å². The van der Waals surface area contributed by atoms with E-state index in [1.807, 2.05) is 26.8 Å². The van der Waals surface area contributed by atoms with Crippen molar-refractivity contribution < 1.29 is 37.9 Å². The van der Waals surface area contributed by atoms with Gasteiger partial charge in [0.2, 0.25) is 5.91 Å². The van der Waals surface area contributed by atoms with Crippen LogP contribution in [0.1, 0.15) is 96.6 Å². The molecule has 3 aliphatic carbocycles. The molecule has 3 saturated carbocycles. The summed E-state index contributed by atoms with van der Waals surface area (Å²) in [6.45, 7) is 17.5. The molecular weight excluding hydrogens is 613 g/mol. The summed E-state index contributed by atoms with van der Waals surface area (Å²) in [7, 11) is 0.788. The van der Waals surface area contributed by atoms with Crippen molar-refractivity contribution in [1.29, 1.82) is 0 Å². The molecule has 1 saturated heterocycles. The molecule has 48 heavy (non-hydrogen) atoms. The van der Waals surface area contributed by atoms with Gasteiger partial charge in [0, 0.05) is 6.20 Å². The number of carbonyl (C=O) groups is 3. The number of para-hydroxylation sites is 1. The molecule has 0 radical (unpaired) electrons.